The summed E-state index contributed by atoms with van der Waals surface area (Å²) in [6.07, 6.45) is 5.44. The first-order valence-electron chi connectivity index (χ1n) is 8.29. The maximum absolute atomic E-state index is 12.9. The third kappa shape index (κ3) is 2.84. The van der Waals surface area contributed by atoms with Crippen molar-refractivity contribution in [3.63, 3.8) is 0 Å². The topological polar surface area (TPSA) is 46.3 Å². The Labute approximate surface area is 127 Å². The van der Waals surface area contributed by atoms with Crippen molar-refractivity contribution in [2.24, 2.45) is 17.6 Å². The average Bonchev–Trinajstić information content (AvgIpc) is 2.53. The van der Waals surface area contributed by atoms with E-state index in [-0.39, 0.29) is 12.0 Å². The second kappa shape index (κ2) is 6.18. The Kier molecular flexibility index (Phi) is 4.29. The quantitative estimate of drug-likeness (QED) is 0.908. The van der Waals surface area contributed by atoms with Crippen molar-refractivity contribution in [2.45, 2.75) is 45.1 Å². The number of nitrogens with two attached hydrogens (primary N) is 1. The van der Waals surface area contributed by atoms with E-state index in [1.54, 1.807) is 0 Å². The molecule has 3 nitrogen and oxygen atoms in total. The van der Waals surface area contributed by atoms with Crippen LogP contribution in [0, 0.1) is 11.8 Å². The zero-order valence-electron chi connectivity index (χ0n) is 12.9. The van der Waals surface area contributed by atoms with E-state index in [9.17, 15) is 4.79 Å². The van der Waals surface area contributed by atoms with E-state index in [0.29, 0.717) is 12.5 Å². The monoisotopic (exact) mass is 286 g/mol. The highest BCUT2D eigenvalue weighted by Crippen LogP contribution is 2.34. The zero-order chi connectivity index (χ0) is 14.8. The molecule has 3 rings (SSSR count). The van der Waals surface area contributed by atoms with Gasteiger partial charge >= 0.3 is 0 Å². The van der Waals surface area contributed by atoms with Crippen LogP contribution in [0.15, 0.2) is 24.3 Å². The molecule has 1 atom stereocenters. The summed E-state index contributed by atoms with van der Waals surface area (Å²) in [6, 6.07) is 8.50. The molecule has 0 aromatic heterocycles. The molecule has 1 aromatic carbocycles. The van der Waals surface area contributed by atoms with Crippen LogP contribution in [0.5, 0.6) is 0 Å². The maximum Gasteiger partial charge on any atom is 0.226 e. The van der Waals surface area contributed by atoms with Crippen LogP contribution < -0.4 is 5.73 Å². The number of rotatable bonds is 2. The van der Waals surface area contributed by atoms with Crippen molar-refractivity contribution < 1.29 is 4.79 Å². The molecule has 1 aliphatic carbocycles. The van der Waals surface area contributed by atoms with E-state index < -0.39 is 0 Å². The van der Waals surface area contributed by atoms with Gasteiger partial charge in [-0.2, -0.15) is 0 Å². The normalized spacial score (nSPS) is 29.0. The van der Waals surface area contributed by atoms with E-state index in [0.717, 1.165) is 31.7 Å². The fourth-order valence-electron chi connectivity index (χ4n) is 3.91. The summed E-state index contributed by atoms with van der Waals surface area (Å²) in [5.74, 6) is 1.34. The predicted molar refractivity (Wildman–Crippen MR) is 84.8 cm³/mol. The molecule has 2 aliphatic rings. The number of hydrogen-bond acceptors (Lipinski definition) is 2. The fraction of sp³-hybridized carbons (Fsp3) is 0.611. The minimum absolute atomic E-state index is 0.0711. The summed E-state index contributed by atoms with van der Waals surface area (Å²) in [5.41, 5.74) is 8.61. The largest absolute Gasteiger partial charge is 0.334 e. The lowest BCUT2D eigenvalue weighted by Gasteiger charge is -2.39. The maximum atomic E-state index is 12.9. The molecule has 0 spiro atoms. The van der Waals surface area contributed by atoms with Crippen LogP contribution in [-0.4, -0.2) is 23.9 Å². The Morgan fingerprint density at radius 2 is 1.95 bits per heavy atom. The number of benzene rings is 1. The van der Waals surface area contributed by atoms with Crippen LogP contribution in [0.1, 0.15) is 49.8 Å². The highest BCUT2D eigenvalue weighted by atomic mass is 16.2. The molecule has 0 saturated heterocycles. The van der Waals surface area contributed by atoms with Crippen molar-refractivity contribution in [3.05, 3.63) is 35.4 Å². The molecule has 1 fully saturated rings. The number of amides is 1. The zero-order valence-corrected chi connectivity index (χ0v) is 12.9. The van der Waals surface area contributed by atoms with Gasteiger partial charge in [-0.15, -0.1) is 0 Å². The van der Waals surface area contributed by atoms with E-state index in [1.165, 1.54) is 24.0 Å². The van der Waals surface area contributed by atoms with Gasteiger partial charge in [0.05, 0.1) is 6.04 Å². The highest BCUT2D eigenvalue weighted by Gasteiger charge is 2.34. The first-order valence-corrected chi connectivity index (χ1v) is 8.29. The summed E-state index contributed by atoms with van der Waals surface area (Å²) in [7, 11) is 0. The van der Waals surface area contributed by atoms with Gasteiger partial charge in [0.25, 0.3) is 0 Å². The van der Waals surface area contributed by atoms with Gasteiger partial charge in [-0.1, -0.05) is 31.2 Å². The SMILES string of the molecule is CC1CCC(C(=O)N2CCc3ccccc3C2CN)CC1. The van der Waals surface area contributed by atoms with Crippen LogP contribution >= 0.6 is 0 Å². The molecule has 0 radical (unpaired) electrons. The first-order chi connectivity index (χ1) is 10.2. The molecule has 2 N–H and O–H groups in total. The molecule has 0 bridgehead atoms. The predicted octanol–water partition coefficient (Wildman–Crippen LogP) is 2.90. The Balaban J connectivity index is 1.78. The summed E-state index contributed by atoms with van der Waals surface area (Å²) in [4.78, 5) is 15.0. The Hall–Kier alpha value is -1.35. The smallest absolute Gasteiger partial charge is 0.226 e. The molecular formula is C18H26N2O. The third-order valence-electron chi connectivity index (χ3n) is 5.28. The molecule has 1 aromatic rings. The van der Waals surface area contributed by atoms with E-state index >= 15 is 0 Å². The van der Waals surface area contributed by atoms with Gasteiger partial charge in [0.1, 0.15) is 0 Å². The van der Waals surface area contributed by atoms with E-state index in [1.807, 2.05) is 0 Å². The summed E-state index contributed by atoms with van der Waals surface area (Å²) in [5, 5.41) is 0. The number of carbonyl (C=O) groups is 1. The van der Waals surface area contributed by atoms with Crippen molar-refractivity contribution in [1.29, 1.82) is 0 Å². The molecule has 114 valence electrons. The van der Waals surface area contributed by atoms with Crippen molar-refractivity contribution in [3.8, 4) is 0 Å². The minimum atomic E-state index is 0.0711. The Bertz CT molecular complexity index is 506. The minimum Gasteiger partial charge on any atom is -0.334 e. The fourth-order valence-corrected chi connectivity index (χ4v) is 3.91. The van der Waals surface area contributed by atoms with Crippen molar-refractivity contribution in [2.75, 3.05) is 13.1 Å². The van der Waals surface area contributed by atoms with Crippen LogP contribution in [-0.2, 0) is 11.2 Å². The van der Waals surface area contributed by atoms with E-state index in [2.05, 4.69) is 36.1 Å². The van der Waals surface area contributed by atoms with Crippen LogP contribution in [0.2, 0.25) is 0 Å². The molecule has 3 heteroatoms. The molecule has 1 aliphatic heterocycles. The molecule has 21 heavy (non-hydrogen) atoms. The van der Waals surface area contributed by atoms with Crippen LogP contribution in [0.25, 0.3) is 0 Å². The lowest BCUT2D eigenvalue weighted by Crippen LogP contribution is -2.46. The van der Waals surface area contributed by atoms with Gasteiger partial charge < -0.3 is 10.6 Å². The van der Waals surface area contributed by atoms with Crippen molar-refractivity contribution >= 4 is 5.91 Å². The second-order valence-corrected chi connectivity index (χ2v) is 6.69. The first kappa shape index (κ1) is 14.6. The number of fused-ring (bicyclic) bond motifs is 1. The number of hydrogen-bond donors (Lipinski definition) is 1. The summed E-state index contributed by atoms with van der Waals surface area (Å²) in [6.45, 7) is 3.64. The van der Waals surface area contributed by atoms with E-state index in [4.69, 9.17) is 5.73 Å². The lowest BCUT2D eigenvalue weighted by atomic mass is 9.81. The van der Waals surface area contributed by atoms with Crippen LogP contribution in [0.3, 0.4) is 0 Å². The van der Waals surface area contributed by atoms with Gasteiger partial charge in [0.2, 0.25) is 5.91 Å². The number of nitrogens with zero attached hydrogens (tertiary/aromatic N) is 1. The number of carbonyl (C=O) groups excluding carboxylic acids is 1. The highest BCUT2D eigenvalue weighted by molar-refractivity contribution is 5.80. The molecule has 1 amide bonds. The van der Waals surface area contributed by atoms with Gasteiger partial charge in [0, 0.05) is 19.0 Å². The van der Waals surface area contributed by atoms with Crippen LogP contribution in [0.4, 0.5) is 0 Å². The van der Waals surface area contributed by atoms with Gasteiger partial charge in [0.15, 0.2) is 0 Å². The Morgan fingerprint density at radius 3 is 2.67 bits per heavy atom. The summed E-state index contributed by atoms with van der Waals surface area (Å²) < 4.78 is 0. The Morgan fingerprint density at radius 1 is 1.24 bits per heavy atom. The van der Waals surface area contributed by atoms with Crippen molar-refractivity contribution in [1.82, 2.24) is 4.90 Å². The second-order valence-electron chi connectivity index (χ2n) is 6.69. The molecular weight excluding hydrogens is 260 g/mol. The molecule has 1 heterocycles. The molecule has 1 saturated carbocycles. The third-order valence-corrected chi connectivity index (χ3v) is 5.28. The molecule has 1 unspecified atom stereocenters. The van der Waals surface area contributed by atoms with Gasteiger partial charge in [-0.05, 0) is 49.1 Å². The lowest BCUT2D eigenvalue weighted by molar-refractivity contribution is -0.139. The summed E-state index contributed by atoms with van der Waals surface area (Å²) >= 11 is 0. The average molecular weight is 286 g/mol. The van der Waals surface area contributed by atoms with Gasteiger partial charge in [-0.3, -0.25) is 4.79 Å². The standard InChI is InChI=1S/C18H26N2O/c1-13-6-8-15(9-7-13)18(21)20-11-10-14-4-2-3-5-16(14)17(20)12-19/h2-5,13,15,17H,6-12,19H2,1H3. The van der Waals surface area contributed by atoms with Gasteiger partial charge in [-0.25, -0.2) is 0 Å².